The highest BCUT2D eigenvalue weighted by Crippen LogP contribution is 2.24. The van der Waals surface area contributed by atoms with E-state index in [0.717, 1.165) is 19.5 Å². The molecule has 23 heavy (non-hydrogen) atoms. The van der Waals surface area contributed by atoms with E-state index in [1.807, 2.05) is 30.0 Å². The second kappa shape index (κ2) is 6.71. The molecule has 0 radical (unpaired) electrons. The van der Waals surface area contributed by atoms with Gasteiger partial charge in [0.15, 0.2) is 0 Å². The van der Waals surface area contributed by atoms with Gasteiger partial charge in [0.1, 0.15) is 0 Å². The van der Waals surface area contributed by atoms with E-state index in [4.69, 9.17) is 0 Å². The summed E-state index contributed by atoms with van der Waals surface area (Å²) in [6, 6.07) is 8.31. The fourth-order valence-electron chi connectivity index (χ4n) is 3.42. The molecule has 0 aromatic heterocycles. The van der Waals surface area contributed by atoms with Gasteiger partial charge in [-0.25, -0.2) is 0 Å². The van der Waals surface area contributed by atoms with Gasteiger partial charge in [0, 0.05) is 39.1 Å². The molecule has 1 saturated heterocycles. The van der Waals surface area contributed by atoms with Crippen LogP contribution in [0.2, 0.25) is 0 Å². The molecule has 1 fully saturated rings. The van der Waals surface area contributed by atoms with Crippen LogP contribution >= 0.6 is 0 Å². The number of hydrogen-bond acceptors (Lipinski definition) is 3. The van der Waals surface area contributed by atoms with Crippen molar-refractivity contribution in [1.29, 1.82) is 0 Å². The number of likely N-dealkylation sites (tertiary alicyclic amines) is 1. The van der Waals surface area contributed by atoms with Crippen LogP contribution < -0.4 is 0 Å². The van der Waals surface area contributed by atoms with E-state index in [-0.39, 0.29) is 17.7 Å². The summed E-state index contributed by atoms with van der Waals surface area (Å²) in [5, 5.41) is 0. The Bertz CT molecular complexity index is 600. The van der Waals surface area contributed by atoms with Crippen molar-refractivity contribution in [2.24, 2.45) is 5.92 Å². The second-order valence-corrected chi connectivity index (χ2v) is 6.82. The minimum atomic E-state index is -0.171. The predicted octanol–water partition coefficient (Wildman–Crippen LogP) is 0.981. The average molecular weight is 315 g/mol. The molecule has 0 bridgehead atoms. The van der Waals surface area contributed by atoms with Crippen LogP contribution in [0.15, 0.2) is 24.3 Å². The van der Waals surface area contributed by atoms with Gasteiger partial charge in [-0.15, -0.1) is 0 Å². The Balaban J connectivity index is 1.60. The molecule has 2 heterocycles. The zero-order chi connectivity index (χ0) is 16.4. The predicted molar refractivity (Wildman–Crippen MR) is 88.8 cm³/mol. The number of fused-ring (bicyclic) bond motifs is 1. The Hall–Kier alpha value is -1.88. The summed E-state index contributed by atoms with van der Waals surface area (Å²) in [6.07, 6.45) is 1.28. The Morgan fingerprint density at radius 3 is 2.74 bits per heavy atom. The summed E-state index contributed by atoms with van der Waals surface area (Å²) < 4.78 is 0. The largest absolute Gasteiger partial charge is 0.341 e. The topological polar surface area (TPSA) is 43.9 Å². The molecule has 0 aliphatic carbocycles. The number of hydrogen-bond donors (Lipinski definition) is 0. The van der Waals surface area contributed by atoms with Crippen molar-refractivity contribution in [3.8, 4) is 0 Å². The molecule has 5 heteroatoms. The van der Waals surface area contributed by atoms with Crippen molar-refractivity contribution >= 4 is 11.8 Å². The van der Waals surface area contributed by atoms with E-state index in [0.29, 0.717) is 26.1 Å². The molecule has 124 valence electrons. The van der Waals surface area contributed by atoms with Crippen molar-refractivity contribution in [2.45, 2.75) is 19.4 Å². The van der Waals surface area contributed by atoms with E-state index in [1.54, 1.807) is 0 Å². The molecule has 2 aliphatic heterocycles. The maximum Gasteiger partial charge on any atom is 0.228 e. The van der Waals surface area contributed by atoms with Gasteiger partial charge in [0.2, 0.25) is 11.8 Å². The SMILES string of the molecule is CN(C)CCN1CC(C(=O)N2CCc3ccccc3C2)CC1=O. The lowest BCUT2D eigenvalue weighted by Crippen LogP contribution is -2.41. The first kappa shape index (κ1) is 16.0. The van der Waals surface area contributed by atoms with Gasteiger partial charge in [-0.1, -0.05) is 24.3 Å². The average Bonchev–Trinajstić information content (AvgIpc) is 2.92. The number of carbonyl (C=O) groups is 2. The highest BCUT2D eigenvalue weighted by Gasteiger charge is 2.36. The van der Waals surface area contributed by atoms with E-state index in [2.05, 4.69) is 23.1 Å². The molecule has 5 nitrogen and oxygen atoms in total. The Kier molecular flexibility index (Phi) is 4.66. The summed E-state index contributed by atoms with van der Waals surface area (Å²) in [5.74, 6) is 0.0812. The first-order valence-corrected chi connectivity index (χ1v) is 8.32. The normalized spacial score (nSPS) is 21.0. The van der Waals surface area contributed by atoms with Gasteiger partial charge in [-0.3, -0.25) is 9.59 Å². The summed E-state index contributed by atoms with van der Waals surface area (Å²) in [7, 11) is 3.99. The minimum absolute atomic E-state index is 0.114. The van der Waals surface area contributed by atoms with Gasteiger partial charge >= 0.3 is 0 Å². The van der Waals surface area contributed by atoms with Gasteiger partial charge in [0.25, 0.3) is 0 Å². The lowest BCUT2D eigenvalue weighted by Gasteiger charge is -2.30. The third-order valence-corrected chi connectivity index (χ3v) is 4.82. The van der Waals surface area contributed by atoms with E-state index in [9.17, 15) is 9.59 Å². The number of likely N-dealkylation sites (N-methyl/N-ethyl adjacent to an activating group) is 1. The number of benzene rings is 1. The maximum absolute atomic E-state index is 12.8. The van der Waals surface area contributed by atoms with Crippen LogP contribution in [0.3, 0.4) is 0 Å². The first-order valence-electron chi connectivity index (χ1n) is 8.32. The molecule has 0 saturated carbocycles. The Morgan fingerprint density at radius 2 is 2.00 bits per heavy atom. The number of nitrogens with zero attached hydrogens (tertiary/aromatic N) is 3. The van der Waals surface area contributed by atoms with E-state index in [1.165, 1.54) is 11.1 Å². The molecule has 2 amide bonds. The van der Waals surface area contributed by atoms with Crippen molar-refractivity contribution < 1.29 is 9.59 Å². The Morgan fingerprint density at radius 1 is 1.26 bits per heavy atom. The standard InChI is InChI=1S/C18H25N3O2/c1-19(2)9-10-20-13-16(11-17(20)22)18(23)21-8-7-14-5-3-4-6-15(14)12-21/h3-6,16H,7-13H2,1-2H3. The molecule has 3 rings (SSSR count). The second-order valence-electron chi connectivity index (χ2n) is 6.82. The zero-order valence-electron chi connectivity index (χ0n) is 14.0. The van der Waals surface area contributed by atoms with Crippen molar-refractivity contribution in [3.05, 3.63) is 35.4 Å². The van der Waals surface area contributed by atoms with Crippen LogP contribution in [-0.4, -0.2) is 66.8 Å². The van der Waals surface area contributed by atoms with Crippen LogP contribution in [0.4, 0.5) is 0 Å². The van der Waals surface area contributed by atoms with Crippen LogP contribution in [0, 0.1) is 5.92 Å². The van der Waals surface area contributed by atoms with Gasteiger partial charge in [0.05, 0.1) is 5.92 Å². The molecule has 1 atom stereocenters. The summed E-state index contributed by atoms with van der Waals surface area (Å²) in [5.41, 5.74) is 2.58. The van der Waals surface area contributed by atoms with Gasteiger partial charge in [-0.05, 0) is 31.6 Å². The fraction of sp³-hybridized carbons (Fsp3) is 0.556. The minimum Gasteiger partial charge on any atom is -0.341 e. The van der Waals surface area contributed by atoms with Crippen molar-refractivity contribution in [3.63, 3.8) is 0 Å². The monoisotopic (exact) mass is 315 g/mol. The smallest absolute Gasteiger partial charge is 0.228 e. The quantitative estimate of drug-likeness (QED) is 0.832. The molecule has 0 spiro atoms. The highest BCUT2D eigenvalue weighted by atomic mass is 16.2. The summed E-state index contributed by atoms with van der Waals surface area (Å²) >= 11 is 0. The molecule has 1 aromatic rings. The van der Waals surface area contributed by atoms with E-state index >= 15 is 0 Å². The lowest BCUT2D eigenvalue weighted by atomic mass is 9.98. The van der Waals surface area contributed by atoms with Crippen LogP contribution in [0.1, 0.15) is 17.5 Å². The number of carbonyl (C=O) groups excluding carboxylic acids is 2. The molecular formula is C18H25N3O2. The molecule has 0 N–H and O–H groups in total. The first-order chi connectivity index (χ1) is 11.0. The molecule has 1 unspecified atom stereocenters. The van der Waals surface area contributed by atoms with Crippen molar-refractivity contribution in [1.82, 2.24) is 14.7 Å². The Labute approximate surface area is 137 Å². The molecule has 1 aromatic carbocycles. The van der Waals surface area contributed by atoms with Crippen LogP contribution in [-0.2, 0) is 22.6 Å². The van der Waals surface area contributed by atoms with Gasteiger partial charge in [-0.2, -0.15) is 0 Å². The summed E-state index contributed by atoms with van der Waals surface area (Å²) in [6.45, 7) is 3.56. The fourth-order valence-corrected chi connectivity index (χ4v) is 3.42. The molecular weight excluding hydrogens is 290 g/mol. The highest BCUT2D eigenvalue weighted by molar-refractivity contribution is 5.89. The van der Waals surface area contributed by atoms with Crippen molar-refractivity contribution in [2.75, 3.05) is 40.3 Å². The lowest BCUT2D eigenvalue weighted by molar-refractivity contribution is -0.136. The van der Waals surface area contributed by atoms with Gasteiger partial charge < -0.3 is 14.7 Å². The number of rotatable bonds is 4. The molecule has 2 aliphatic rings. The number of amides is 2. The third-order valence-electron chi connectivity index (χ3n) is 4.82. The van der Waals surface area contributed by atoms with E-state index < -0.39 is 0 Å². The van der Waals surface area contributed by atoms with Crippen LogP contribution in [0.5, 0.6) is 0 Å². The third kappa shape index (κ3) is 3.55. The maximum atomic E-state index is 12.8. The summed E-state index contributed by atoms with van der Waals surface area (Å²) in [4.78, 5) is 30.7. The zero-order valence-corrected chi connectivity index (χ0v) is 14.0. The van der Waals surface area contributed by atoms with Crippen LogP contribution in [0.25, 0.3) is 0 Å².